The van der Waals surface area contributed by atoms with Crippen LogP contribution >= 0.6 is 0 Å². The molecular formula is C33H22N2. The molecule has 35 heavy (non-hydrogen) atoms. The normalized spacial score (nSPS) is 14.4. The van der Waals surface area contributed by atoms with Gasteiger partial charge in [0.2, 0.25) is 0 Å². The molecule has 0 radical (unpaired) electrons. The average Bonchev–Trinajstić information content (AvgIpc) is 2.92. The van der Waals surface area contributed by atoms with Gasteiger partial charge in [-0.05, 0) is 61.8 Å². The van der Waals surface area contributed by atoms with Gasteiger partial charge in [0.05, 0.1) is 11.2 Å². The molecular weight excluding hydrogens is 424 g/mol. The van der Waals surface area contributed by atoms with Gasteiger partial charge in [-0.15, -0.1) is 0 Å². The molecule has 1 heterocycles. The summed E-state index contributed by atoms with van der Waals surface area (Å²) in [5.74, 6) is 0.746. The molecule has 1 aromatic heterocycles. The van der Waals surface area contributed by atoms with E-state index in [1.165, 1.54) is 43.1 Å². The summed E-state index contributed by atoms with van der Waals surface area (Å²) in [4.78, 5) is 9.93. The van der Waals surface area contributed by atoms with Crippen LogP contribution in [0.15, 0.2) is 120 Å². The Balaban J connectivity index is 1.49. The number of rotatable bonds is 2. The topological polar surface area (TPSA) is 25.2 Å². The van der Waals surface area contributed by atoms with Crippen molar-refractivity contribution in [1.82, 2.24) is 4.98 Å². The standard InChI is InChI=1S/C33H22N2/c1-4-10-27-22(7-1)13-14-24-15-16-26(21-29(24)27)33-28-11-5-2-8-23(28)17-19-31(33)35-32-20-18-25-9-3-6-12-30(25)34-32/h1-18,20-21H,19H2. The molecule has 2 nitrogen and oxygen atoms in total. The van der Waals surface area contributed by atoms with Gasteiger partial charge in [-0.1, -0.05) is 97.1 Å². The molecule has 0 saturated heterocycles. The van der Waals surface area contributed by atoms with Crippen molar-refractivity contribution in [2.45, 2.75) is 6.42 Å². The Labute approximate surface area is 203 Å². The predicted octanol–water partition coefficient (Wildman–Crippen LogP) is 6.70. The van der Waals surface area contributed by atoms with Crippen LogP contribution in [0.25, 0.3) is 44.1 Å². The van der Waals surface area contributed by atoms with E-state index in [1.54, 1.807) is 0 Å². The molecule has 0 amide bonds. The first kappa shape index (κ1) is 19.9. The van der Waals surface area contributed by atoms with E-state index in [4.69, 9.17) is 9.98 Å². The maximum Gasteiger partial charge on any atom is 0.152 e. The maximum absolute atomic E-state index is 5.10. The number of para-hydroxylation sites is 1. The Kier molecular flexibility index (Phi) is 4.56. The van der Waals surface area contributed by atoms with E-state index in [9.17, 15) is 0 Å². The van der Waals surface area contributed by atoms with Gasteiger partial charge in [0, 0.05) is 17.4 Å². The zero-order chi connectivity index (χ0) is 23.2. The number of aliphatic imine (C=N–C) groups is 1. The quantitative estimate of drug-likeness (QED) is 0.272. The van der Waals surface area contributed by atoms with Gasteiger partial charge in [-0.25, -0.2) is 9.98 Å². The fourth-order valence-corrected chi connectivity index (χ4v) is 5.20. The number of nitrogens with zero attached hydrogens (tertiary/aromatic N) is 2. The van der Waals surface area contributed by atoms with Crippen molar-refractivity contribution < 1.29 is 0 Å². The Morgan fingerprint density at radius 1 is 0.600 bits per heavy atom. The van der Waals surface area contributed by atoms with Gasteiger partial charge < -0.3 is 0 Å². The highest BCUT2D eigenvalue weighted by molar-refractivity contribution is 6.27. The molecule has 0 bridgehead atoms. The number of benzene rings is 5. The Bertz CT molecular complexity index is 1930. The van der Waals surface area contributed by atoms with Crippen molar-refractivity contribution >= 4 is 55.6 Å². The van der Waals surface area contributed by atoms with Crippen LogP contribution in [0, 0.1) is 0 Å². The smallest absolute Gasteiger partial charge is 0.152 e. The van der Waals surface area contributed by atoms with E-state index in [0.29, 0.717) is 0 Å². The maximum atomic E-state index is 5.10. The second-order valence-corrected chi connectivity index (χ2v) is 9.01. The predicted molar refractivity (Wildman–Crippen MR) is 148 cm³/mol. The van der Waals surface area contributed by atoms with Gasteiger partial charge >= 0.3 is 0 Å². The van der Waals surface area contributed by atoms with Crippen LogP contribution in [0.2, 0.25) is 0 Å². The van der Waals surface area contributed by atoms with E-state index in [-0.39, 0.29) is 0 Å². The molecule has 5 aromatic carbocycles. The second-order valence-electron chi connectivity index (χ2n) is 9.01. The van der Waals surface area contributed by atoms with Crippen molar-refractivity contribution in [2.75, 3.05) is 0 Å². The van der Waals surface area contributed by atoms with Crippen LogP contribution < -0.4 is 10.4 Å². The summed E-state index contributed by atoms with van der Waals surface area (Å²) in [5, 5.41) is 8.65. The molecule has 1 aliphatic carbocycles. The third-order valence-electron chi connectivity index (χ3n) is 6.90. The molecule has 0 unspecified atom stereocenters. The summed E-state index contributed by atoms with van der Waals surface area (Å²) in [6.07, 6.45) is 3.05. The van der Waals surface area contributed by atoms with E-state index in [2.05, 4.69) is 97.1 Å². The van der Waals surface area contributed by atoms with Gasteiger partial charge in [0.1, 0.15) is 0 Å². The number of hydrogen-bond acceptors (Lipinski definition) is 2. The van der Waals surface area contributed by atoms with Crippen LogP contribution in [-0.2, 0) is 0 Å². The molecule has 0 saturated carbocycles. The van der Waals surface area contributed by atoms with Gasteiger partial charge in [0.25, 0.3) is 0 Å². The van der Waals surface area contributed by atoms with Crippen LogP contribution in [0.5, 0.6) is 0 Å². The van der Waals surface area contributed by atoms with Crippen LogP contribution in [0.4, 0.5) is 5.82 Å². The van der Waals surface area contributed by atoms with Crippen molar-refractivity contribution in [3.63, 3.8) is 0 Å². The van der Waals surface area contributed by atoms with Crippen molar-refractivity contribution in [3.8, 4) is 0 Å². The third-order valence-corrected chi connectivity index (χ3v) is 6.90. The fraction of sp³-hybridized carbons (Fsp3) is 0.0303. The van der Waals surface area contributed by atoms with Crippen molar-refractivity contribution in [2.24, 2.45) is 4.99 Å². The van der Waals surface area contributed by atoms with Gasteiger partial charge in [-0.2, -0.15) is 0 Å². The number of pyridine rings is 1. The van der Waals surface area contributed by atoms with Gasteiger partial charge in [-0.3, -0.25) is 0 Å². The van der Waals surface area contributed by atoms with Crippen molar-refractivity contribution in [3.05, 3.63) is 131 Å². The highest BCUT2D eigenvalue weighted by Crippen LogP contribution is 2.29. The highest BCUT2D eigenvalue weighted by Gasteiger charge is 2.16. The lowest BCUT2D eigenvalue weighted by Crippen LogP contribution is -2.33. The summed E-state index contributed by atoms with van der Waals surface area (Å²) in [6, 6.07) is 40.7. The van der Waals surface area contributed by atoms with E-state index in [0.717, 1.165) is 28.9 Å². The SMILES string of the molecule is C1=c2ccccc2=C(c2ccc3ccc4ccccc4c3c2)C(=Nc2ccc3ccccc3n2)C1. The lowest BCUT2D eigenvalue weighted by Gasteiger charge is -2.16. The van der Waals surface area contributed by atoms with E-state index < -0.39 is 0 Å². The minimum absolute atomic E-state index is 0.746. The second kappa shape index (κ2) is 8.03. The fourth-order valence-electron chi connectivity index (χ4n) is 5.20. The highest BCUT2D eigenvalue weighted by atomic mass is 14.9. The van der Waals surface area contributed by atoms with Crippen LogP contribution in [0.1, 0.15) is 12.0 Å². The first-order chi connectivity index (χ1) is 17.3. The number of aromatic nitrogens is 1. The zero-order valence-electron chi connectivity index (χ0n) is 19.1. The summed E-state index contributed by atoms with van der Waals surface area (Å²) >= 11 is 0. The zero-order valence-corrected chi connectivity index (χ0v) is 19.1. The lowest BCUT2D eigenvalue weighted by molar-refractivity contribution is 1.30. The summed E-state index contributed by atoms with van der Waals surface area (Å²) in [6.45, 7) is 0. The minimum Gasteiger partial charge on any atom is -0.233 e. The van der Waals surface area contributed by atoms with E-state index >= 15 is 0 Å². The Hall–Kier alpha value is -4.56. The van der Waals surface area contributed by atoms with Gasteiger partial charge in [0.15, 0.2) is 5.82 Å². The van der Waals surface area contributed by atoms with Crippen molar-refractivity contribution in [1.29, 1.82) is 0 Å². The molecule has 7 rings (SSSR count). The molecule has 6 aromatic rings. The summed E-state index contributed by atoms with van der Waals surface area (Å²) < 4.78 is 0. The lowest BCUT2D eigenvalue weighted by atomic mass is 9.89. The largest absolute Gasteiger partial charge is 0.233 e. The molecule has 2 heteroatoms. The van der Waals surface area contributed by atoms with Crippen LogP contribution in [0.3, 0.4) is 0 Å². The Morgan fingerprint density at radius 2 is 1.31 bits per heavy atom. The molecule has 164 valence electrons. The molecule has 0 fully saturated rings. The first-order valence-corrected chi connectivity index (χ1v) is 12.0. The molecule has 1 aliphatic rings. The molecule has 0 N–H and O–H groups in total. The third kappa shape index (κ3) is 3.43. The number of fused-ring (bicyclic) bond motifs is 5. The summed E-state index contributed by atoms with van der Waals surface area (Å²) in [5.41, 5.74) is 4.39. The first-order valence-electron chi connectivity index (χ1n) is 12.0. The molecule has 0 aliphatic heterocycles. The monoisotopic (exact) mass is 446 g/mol. The van der Waals surface area contributed by atoms with E-state index in [1.807, 2.05) is 24.3 Å². The summed E-state index contributed by atoms with van der Waals surface area (Å²) in [7, 11) is 0. The molecule has 0 spiro atoms. The Morgan fingerprint density at radius 3 is 2.26 bits per heavy atom. The minimum atomic E-state index is 0.746. The average molecular weight is 447 g/mol. The number of hydrogen-bond donors (Lipinski definition) is 0. The molecule has 0 atom stereocenters. The van der Waals surface area contributed by atoms with Crippen LogP contribution in [-0.4, -0.2) is 10.7 Å².